The first kappa shape index (κ1) is 15.8. The monoisotopic (exact) mass is 351 g/mol. The maximum absolute atomic E-state index is 12.9. The highest BCUT2D eigenvalue weighted by Crippen LogP contribution is 2.40. The largest absolute Gasteiger partial charge is 0.503 e. The molecule has 130 valence electrons. The Hall–Kier alpha value is -3.75. The standard InChI is InChI=1S/C17H13N5O4/c1-21-19-17(18-20-21)22-13(10-6-3-2-4-7-10)12(15(24)16(22)25)14(23)11-8-5-9-26-11/h2-9,13,24H,1H3. The fraction of sp³-hybridized carbons (Fsp3) is 0.118. The first-order valence-corrected chi connectivity index (χ1v) is 7.71. The van der Waals surface area contributed by atoms with Gasteiger partial charge >= 0.3 is 0 Å². The van der Waals surface area contributed by atoms with Gasteiger partial charge in [-0.05, 0) is 22.9 Å². The predicted molar refractivity (Wildman–Crippen MR) is 88.2 cm³/mol. The van der Waals surface area contributed by atoms with E-state index in [4.69, 9.17) is 4.42 Å². The molecule has 1 aromatic carbocycles. The number of nitrogens with zero attached hydrogens (tertiary/aromatic N) is 5. The van der Waals surface area contributed by atoms with Crippen molar-refractivity contribution in [3.63, 3.8) is 0 Å². The minimum atomic E-state index is -0.898. The van der Waals surface area contributed by atoms with Crippen molar-refractivity contribution in [1.82, 2.24) is 20.2 Å². The molecule has 9 nitrogen and oxygen atoms in total. The van der Waals surface area contributed by atoms with Crippen molar-refractivity contribution in [3.05, 3.63) is 71.4 Å². The van der Waals surface area contributed by atoms with E-state index in [0.29, 0.717) is 5.56 Å². The molecule has 0 radical (unpaired) electrons. The molecular weight excluding hydrogens is 338 g/mol. The second kappa shape index (κ2) is 5.96. The second-order valence-corrected chi connectivity index (χ2v) is 5.64. The lowest BCUT2D eigenvalue weighted by Gasteiger charge is -2.23. The molecule has 9 heteroatoms. The van der Waals surface area contributed by atoms with Crippen molar-refractivity contribution in [1.29, 1.82) is 0 Å². The smallest absolute Gasteiger partial charge is 0.296 e. The molecular formula is C17H13N5O4. The highest BCUT2D eigenvalue weighted by atomic mass is 16.3. The third-order valence-electron chi connectivity index (χ3n) is 4.03. The van der Waals surface area contributed by atoms with Crippen molar-refractivity contribution < 1.29 is 19.1 Å². The van der Waals surface area contributed by atoms with Crippen LogP contribution in [0.25, 0.3) is 0 Å². The van der Waals surface area contributed by atoms with E-state index in [1.54, 1.807) is 37.4 Å². The number of carbonyl (C=O) groups excluding carboxylic acids is 2. The first-order chi connectivity index (χ1) is 12.6. The minimum Gasteiger partial charge on any atom is -0.503 e. The molecule has 1 aliphatic heterocycles. The minimum absolute atomic E-state index is 0.0138. The van der Waals surface area contributed by atoms with E-state index in [2.05, 4.69) is 15.4 Å². The van der Waals surface area contributed by atoms with E-state index in [1.165, 1.54) is 17.1 Å². The summed E-state index contributed by atoms with van der Waals surface area (Å²) in [4.78, 5) is 27.9. The van der Waals surface area contributed by atoms with Crippen LogP contribution in [0, 0.1) is 0 Å². The quantitative estimate of drug-likeness (QED) is 0.710. The van der Waals surface area contributed by atoms with Crippen LogP contribution in [0.5, 0.6) is 0 Å². The highest BCUT2D eigenvalue weighted by Gasteiger charge is 2.46. The van der Waals surface area contributed by atoms with Gasteiger partial charge < -0.3 is 9.52 Å². The van der Waals surface area contributed by atoms with E-state index < -0.39 is 23.5 Å². The van der Waals surface area contributed by atoms with Crippen LogP contribution < -0.4 is 4.90 Å². The molecule has 1 aliphatic rings. The number of rotatable bonds is 4. The number of anilines is 1. The molecule has 1 amide bonds. The second-order valence-electron chi connectivity index (χ2n) is 5.64. The topological polar surface area (TPSA) is 114 Å². The molecule has 0 bridgehead atoms. The number of carbonyl (C=O) groups is 2. The van der Waals surface area contributed by atoms with E-state index in [1.807, 2.05) is 6.07 Å². The summed E-state index contributed by atoms with van der Waals surface area (Å²) >= 11 is 0. The molecule has 0 spiro atoms. The summed E-state index contributed by atoms with van der Waals surface area (Å²) in [6.07, 6.45) is 1.35. The Labute approximate surface area is 147 Å². The molecule has 3 aromatic rings. The van der Waals surface area contributed by atoms with Gasteiger partial charge in [-0.2, -0.15) is 4.80 Å². The SMILES string of the molecule is Cn1nnc(N2C(=O)C(O)=C(C(=O)c3ccco3)C2c2ccccc2)n1. The molecule has 0 fully saturated rings. The summed E-state index contributed by atoms with van der Waals surface area (Å²) in [7, 11) is 1.55. The number of furan rings is 1. The summed E-state index contributed by atoms with van der Waals surface area (Å²) in [6.45, 7) is 0. The molecule has 1 N–H and O–H groups in total. The summed E-state index contributed by atoms with van der Waals surface area (Å²) in [5.74, 6) is -2.01. The van der Waals surface area contributed by atoms with Crippen molar-refractivity contribution in [2.24, 2.45) is 7.05 Å². The molecule has 26 heavy (non-hydrogen) atoms. The molecule has 3 heterocycles. The number of aliphatic hydroxyl groups excluding tert-OH is 1. The fourth-order valence-electron chi connectivity index (χ4n) is 2.91. The maximum Gasteiger partial charge on any atom is 0.296 e. The van der Waals surface area contributed by atoms with Gasteiger partial charge in [0, 0.05) is 0 Å². The van der Waals surface area contributed by atoms with E-state index in [0.717, 1.165) is 4.90 Å². The molecule has 1 unspecified atom stereocenters. The van der Waals surface area contributed by atoms with Crippen LogP contribution >= 0.6 is 0 Å². The maximum atomic E-state index is 12.9. The van der Waals surface area contributed by atoms with Gasteiger partial charge in [0.15, 0.2) is 11.5 Å². The first-order valence-electron chi connectivity index (χ1n) is 7.71. The predicted octanol–water partition coefficient (Wildman–Crippen LogP) is 1.59. The van der Waals surface area contributed by atoms with Crippen LogP contribution in [0.4, 0.5) is 5.95 Å². The van der Waals surface area contributed by atoms with Gasteiger partial charge in [-0.15, -0.1) is 5.10 Å². The number of hydrogen-bond acceptors (Lipinski definition) is 7. The van der Waals surface area contributed by atoms with Crippen LogP contribution in [0.1, 0.15) is 22.2 Å². The summed E-state index contributed by atoms with van der Waals surface area (Å²) in [5.41, 5.74) is 0.524. The summed E-state index contributed by atoms with van der Waals surface area (Å²) in [5, 5.41) is 22.1. The van der Waals surface area contributed by atoms with Crippen LogP contribution in [0.3, 0.4) is 0 Å². The van der Waals surface area contributed by atoms with Crippen molar-refractivity contribution in [2.75, 3.05) is 4.90 Å². The third-order valence-corrected chi connectivity index (χ3v) is 4.03. The number of aryl methyl sites for hydroxylation is 1. The number of tetrazole rings is 1. The van der Waals surface area contributed by atoms with Gasteiger partial charge in [-0.3, -0.25) is 14.5 Å². The average Bonchev–Trinajstić information content (AvgIpc) is 3.37. The lowest BCUT2D eigenvalue weighted by Crippen LogP contribution is -2.32. The van der Waals surface area contributed by atoms with E-state index in [9.17, 15) is 14.7 Å². The van der Waals surface area contributed by atoms with E-state index in [-0.39, 0.29) is 17.3 Å². The number of ketones is 1. The molecule has 0 saturated carbocycles. The number of Topliss-reactive ketones (excluding diaryl/α,β-unsaturated/α-hetero) is 1. The zero-order valence-electron chi connectivity index (χ0n) is 13.6. The average molecular weight is 351 g/mol. The zero-order valence-corrected chi connectivity index (χ0v) is 13.6. The Bertz CT molecular complexity index is 1010. The van der Waals surface area contributed by atoms with E-state index >= 15 is 0 Å². The van der Waals surface area contributed by atoms with Gasteiger partial charge in [-0.1, -0.05) is 35.4 Å². The summed E-state index contributed by atoms with van der Waals surface area (Å²) in [6, 6.07) is 11.0. The summed E-state index contributed by atoms with van der Waals surface area (Å²) < 4.78 is 5.15. The zero-order chi connectivity index (χ0) is 18.3. The van der Waals surface area contributed by atoms with Crippen LogP contribution in [-0.4, -0.2) is 37.0 Å². The fourth-order valence-corrected chi connectivity index (χ4v) is 2.91. The Morgan fingerprint density at radius 1 is 1.19 bits per heavy atom. The normalized spacial score (nSPS) is 17.2. The Balaban J connectivity index is 1.88. The lowest BCUT2D eigenvalue weighted by molar-refractivity contribution is -0.117. The molecule has 1 atom stereocenters. The van der Waals surface area contributed by atoms with Crippen LogP contribution in [0.15, 0.2) is 64.5 Å². The molecule has 2 aromatic heterocycles. The third kappa shape index (κ3) is 2.37. The Morgan fingerprint density at radius 2 is 1.96 bits per heavy atom. The van der Waals surface area contributed by atoms with Crippen molar-refractivity contribution in [2.45, 2.75) is 6.04 Å². The highest BCUT2D eigenvalue weighted by molar-refractivity contribution is 6.19. The number of amides is 1. The van der Waals surface area contributed by atoms with Gasteiger partial charge in [0.2, 0.25) is 5.78 Å². The van der Waals surface area contributed by atoms with Gasteiger partial charge in [-0.25, -0.2) is 0 Å². The van der Waals surface area contributed by atoms with Crippen LogP contribution in [-0.2, 0) is 11.8 Å². The lowest BCUT2D eigenvalue weighted by atomic mass is 9.95. The van der Waals surface area contributed by atoms with Crippen LogP contribution in [0.2, 0.25) is 0 Å². The molecule has 4 rings (SSSR count). The van der Waals surface area contributed by atoms with Crippen molar-refractivity contribution >= 4 is 17.6 Å². The number of benzene rings is 1. The molecule has 0 saturated heterocycles. The Kier molecular flexibility index (Phi) is 3.61. The number of aromatic nitrogens is 4. The van der Waals surface area contributed by atoms with Gasteiger partial charge in [0.1, 0.15) is 0 Å². The number of aliphatic hydroxyl groups is 1. The number of hydrogen-bond donors (Lipinski definition) is 1. The molecule has 0 aliphatic carbocycles. The Morgan fingerprint density at radius 3 is 2.58 bits per heavy atom. The van der Waals surface area contributed by atoms with Gasteiger partial charge in [0.25, 0.3) is 11.9 Å². The van der Waals surface area contributed by atoms with Crippen molar-refractivity contribution in [3.8, 4) is 0 Å². The van der Waals surface area contributed by atoms with Gasteiger partial charge in [0.05, 0.1) is 24.9 Å².